The number of piperazine rings is 1. The van der Waals surface area contributed by atoms with Crippen LogP contribution >= 0.6 is 0 Å². The molecule has 1 aliphatic rings. The molecular weight excluding hydrogens is 582 g/mol. The van der Waals surface area contributed by atoms with Crippen LogP contribution in [0.15, 0.2) is 78.0 Å². The maximum atomic E-state index is 13.8. The van der Waals surface area contributed by atoms with Crippen molar-refractivity contribution in [3.8, 4) is 16.8 Å². The number of aryl methyl sites for hydroxylation is 1. The van der Waals surface area contributed by atoms with Gasteiger partial charge in [-0.15, -0.1) is 0 Å². The molecule has 46 heavy (non-hydrogen) atoms. The van der Waals surface area contributed by atoms with Gasteiger partial charge in [-0.25, -0.2) is 19.3 Å². The quantitative estimate of drug-likeness (QED) is 0.267. The Hall–Kier alpha value is -5.39. The first kappa shape index (κ1) is 30.6. The van der Waals surface area contributed by atoms with Gasteiger partial charge < -0.3 is 25.6 Å². The third-order valence-electron chi connectivity index (χ3n) is 8.00. The van der Waals surface area contributed by atoms with Crippen molar-refractivity contribution in [3.63, 3.8) is 0 Å². The number of nitrogens with two attached hydrogens (primary N) is 1. The van der Waals surface area contributed by atoms with E-state index in [1.54, 1.807) is 20.2 Å². The van der Waals surface area contributed by atoms with Crippen LogP contribution in [0.1, 0.15) is 45.1 Å². The second-order valence-electron chi connectivity index (χ2n) is 12.5. The van der Waals surface area contributed by atoms with Crippen LogP contribution in [0, 0.1) is 6.92 Å². The minimum Gasteiger partial charge on any atom is -0.444 e. The number of rotatable bonds is 6. The molecule has 0 bridgehead atoms. The maximum absolute atomic E-state index is 13.8. The molecule has 6 rings (SSSR count). The number of amides is 1. The monoisotopic (exact) mass is 621 g/mol. The molecule has 12 heteroatoms. The van der Waals surface area contributed by atoms with Crippen LogP contribution < -0.4 is 21.5 Å². The molecule has 1 atom stereocenters. The fraction of sp³-hybridized carbons (Fsp3) is 0.324. The van der Waals surface area contributed by atoms with E-state index < -0.39 is 11.6 Å². The van der Waals surface area contributed by atoms with Crippen LogP contribution in [0.25, 0.3) is 22.3 Å². The van der Waals surface area contributed by atoms with Crippen molar-refractivity contribution in [1.29, 1.82) is 0 Å². The van der Waals surface area contributed by atoms with Gasteiger partial charge in [0.15, 0.2) is 5.82 Å². The highest BCUT2D eigenvalue weighted by atomic mass is 16.6. The Kier molecular flexibility index (Phi) is 8.11. The lowest BCUT2D eigenvalue weighted by Gasteiger charge is -2.36. The van der Waals surface area contributed by atoms with Gasteiger partial charge in [-0.1, -0.05) is 30.3 Å². The maximum Gasteiger partial charge on any atom is 0.410 e. The van der Waals surface area contributed by atoms with E-state index in [1.165, 1.54) is 6.33 Å². The van der Waals surface area contributed by atoms with E-state index in [2.05, 4.69) is 20.2 Å². The lowest BCUT2D eigenvalue weighted by atomic mass is 10.1. The number of benzene rings is 2. The highest BCUT2D eigenvalue weighted by molar-refractivity contribution is 5.84. The number of ether oxygens (including phenoxy) is 1. The molecule has 4 heterocycles. The summed E-state index contributed by atoms with van der Waals surface area (Å²) in [6, 6.07) is 19.0. The molecule has 1 fully saturated rings. The SMILES string of the molecule is Cc1ccn2nc([C@H](C)Nc3ncnc(N)c3-c3ccc(N4CCN(C(=O)OC(C)(C)C)CC4)cc3)n(-c3ccccc3)c(=O)c12. The summed E-state index contributed by atoms with van der Waals surface area (Å²) in [4.78, 5) is 39.1. The van der Waals surface area contributed by atoms with E-state index in [4.69, 9.17) is 15.6 Å². The van der Waals surface area contributed by atoms with Crippen molar-refractivity contribution in [2.24, 2.45) is 0 Å². The zero-order valence-corrected chi connectivity index (χ0v) is 26.8. The Balaban J connectivity index is 1.26. The molecule has 238 valence electrons. The molecule has 0 radical (unpaired) electrons. The molecule has 1 amide bonds. The van der Waals surface area contributed by atoms with E-state index in [0.29, 0.717) is 54.7 Å². The normalized spacial score (nSPS) is 14.4. The fourth-order valence-electron chi connectivity index (χ4n) is 5.71. The molecule has 0 saturated carbocycles. The van der Waals surface area contributed by atoms with E-state index in [0.717, 1.165) is 22.5 Å². The number of nitrogens with one attached hydrogen (secondary N) is 1. The molecule has 5 aromatic rings. The van der Waals surface area contributed by atoms with E-state index in [1.807, 2.05) is 95.3 Å². The van der Waals surface area contributed by atoms with Crippen LogP contribution in [-0.2, 0) is 4.74 Å². The summed E-state index contributed by atoms with van der Waals surface area (Å²) in [5.41, 5.74) is 10.4. The van der Waals surface area contributed by atoms with Crippen molar-refractivity contribution in [2.75, 3.05) is 42.1 Å². The van der Waals surface area contributed by atoms with Crippen molar-refractivity contribution in [3.05, 3.63) is 94.9 Å². The number of hydrogen-bond acceptors (Lipinski definition) is 9. The number of carbonyl (C=O) groups is 1. The zero-order chi connectivity index (χ0) is 32.6. The number of aromatic nitrogens is 5. The number of hydrogen-bond donors (Lipinski definition) is 2. The first-order valence-corrected chi connectivity index (χ1v) is 15.4. The van der Waals surface area contributed by atoms with Crippen LogP contribution in [0.5, 0.6) is 0 Å². The molecular formula is C34H39N9O3. The number of nitrogen functional groups attached to an aromatic ring is 1. The molecule has 0 spiro atoms. The lowest BCUT2D eigenvalue weighted by Crippen LogP contribution is -2.50. The Labute approximate surface area is 267 Å². The summed E-state index contributed by atoms with van der Waals surface area (Å²) in [6.07, 6.45) is 2.93. The average Bonchev–Trinajstić information content (AvgIpc) is 3.41. The number of fused-ring (bicyclic) bond motifs is 1. The van der Waals surface area contributed by atoms with Crippen LogP contribution in [0.4, 0.5) is 22.1 Å². The van der Waals surface area contributed by atoms with E-state index in [9.17, 15) is 9.59 Å². The predicted octanol–water partition coefficient (Wildman–Crippen LogP) is 5.06. The highest BCUT2D eigenvalue weighted by Crippen LogP contribution is 2.34. The Morgan fingerprint density at radius 3 is 2.33 bits per heavy atom. The van der Waals surface area contributed by atoms with Gasteiger partial charge in [0.05, 0.1) is 17.3 Å². The highest BCUT2D eigenvalue weighted by Gasteiger charge is 2.26. The van der Waals surface area contributed by atoms with Crippen LogP contribution in [0.2, 0.25) is 0 Å². The summed E-state index contributed by atoms with van der Waals surface area (Å²) in [5.74, 6) is 1.37. The lowest BCUT2D eigenvalue weighted by molar-refractivity contribution is 0.0240. The third kappa shape index (κ3) is 6.10. The molecule has 12 nitrogen and oxygen atoms in total. The molecule has 3 N–H and O–H groups in total. The first-order valence-electron chi connectivity index (χ1n) is 15.4. The van der Waals surface area contributed by atoms with Gasteiger partial charge in [0, 0.05) is 38.1 Å². The standard InChI is InChI=1S/C34H39N9O3/c1-22-15-16-42-28(22)32(44)43(26-9-7-6-8-10-26)31(39-42)23(2)38-30-27(29(35)36-21-37-30)24-11-13-25(14-12-24)40-17-19-41(20-18-40)33(45)46-34(3,4)5/h6-16,21,23H,17-20H2,1-5H3,(H3,35,36,37,38)/t23-/m0/s1. The third-order valence-corrected chi connectivity index (χ3v) is 8.00. The van der Waals surface area contributed by atoms with Crippen molar-refractivity contribution in [2.45, 2.75) is 46.3 Å². The second-order valence-corrected chi connectivity index (χ2v) is 12.5. The van der Waals surface area contributed by atoms with Gasteiger partial charge >= 0.3 is 6.09 Å². The number of para-hydroxylation sites is 1. The predicted molar refractivity (Wildman–Crippen MR) is 179 cm³/mol. The average molecular weight is 622 g/mol. The molecule has 2 aromatic carbocycles. The van der Waals surface area contributed by atoms with Crippen LogP contribution in [-0.4, -0.2) is 66.9 Å². The second kappa shape index (κ2) is 12.2. The molecule has 1 aliphatic heterocycles. The number of anilines is 3. The van der Waals surface area contributed by atoms with Gasteiger partial charge in [-0.2, -0.15) is 5.10 Å². The van der Waals surface area contributed by atoms with E-state index >= 15 is 0 Å². The van der Waals surface area contributed by atoms with Crippen molar-refractivity contribution in [1.82, 2.24) is 29.0 Å². The van der Waals surface area contributed by atoms with Gasteiger partial charge in [-0.3, -0.25) is 9.36 Å². The summed E-state index contributed by atoms with van der Waals surface area (Å²) >= 11 is 0. The van der Waals surface area contributed by atoms with Crippen molar-refractivity contribution < 1.29 is 9.53 Å². The number of carbonyl (C=O) groups excluding carboxylic acids is 1. The minimum absolute atomic E-state index is 0.155. The summed E-state index contributed by atoms with van der Waals surface area (Å²) < 4.78 is 8.80. The Morgan fingerprint density at radius 2 is 1.65 bits per heavy atom. The first-order chi connectivity index (χ1) is 22.0. The minimum atomic E-state index is -0.521. The molecule has 3 aromatic heterocycles. The topological polar surface area (TPSA) is 136 Å². The molecule has 0 unspecified atom stereocenters. The van der Waals surface area contributed by atoms with Gasteiger partial charge in [0.25, 0.3) is 5.56 Å². The number of nitrogens with zero attached hydrogens (tertiary/aromatic N) is 7. The van der Waals surface area contributed by atoms with Gasteiger partial charge in [0.1, 0.15) is 29.1 Å². The molecule has 0 aliphatic carbocycles. The Bertz CT molecular complexity index is 1920. The van der Waals surface area contributed by atoms with Gasteiger partial charge in [-0.05, 0) is 76.1 Å². The summed E-state index contributed by atoms with van der Waals surface area (Å²) in [6.45, 7) is 12.0. The van der Waals surface area contributed by atoms with E-state index in [-0.39, 0.29) is 11.7 Å². The van der Waals surface area contributed by atoms with Gasteiger partial charge in [0.2, 0.25) is 0 Å². The summed E-state index contributed by atoms with van der Waals surface area (Å²) in [5, 5.41) is 8.31. The smallest absolute Gasteiger partial charge is 0.410 e. The fourth-order valence-corrected chi connectivity index (χ4v) is 5.71. The largest absolute Gasteiger partial charge is 0.444 e. The summed E-state index contributed by atoms with van der Waals surface area (Å²) in [7, 11) is 0. The van der Waals surface area contributed by atoms with Crippen molar-refractivity contribution >= 4 is 28.9 Å². The van der Waals surface area contributed by atoms with Crippen LogP contribution in [0.3, 0.4) is 0 Å². The molecule has 1 saturated heterocycles. The Morgan fingerprint density at radius 1 is 0.957 bits per heavy atom. The zero-order valence-electron chi connectivity index (χ0n) is 26.8.